The molecule has 1 aliphatic heterocycles. The molecule has 0 unspecified atom stereocenters. The van der Waals surface area contributed by atoms with Gasteiger partial charge in [0.15, 0.2) is 18.1 Å². The van der Waals surface area contributed by atoms with Gasteiger partial charge in [0.25, 0.3) is 5.91 Å². The third kappa shape index (κ3) is 6.22. The van der Waals surface area contributed by atoms with E-state index in [0.717, 1.165) is 20.4 Å². The van der Waals surface area contributed by atoms with E-state index >= 15 is 0 Å². The second-order valence-corrected chi connectivity index (χ2v) is 11.0. The maximum absolute atomic E-state index is 12.7. The predicted molar refractivity (Wildman–Crippen MR) is 155 cm³/mol. The van der Waals surface area contributed by atoms with E-state index in [1.807, 2.05) is 44.2 Å². The lowest BCUT2D eigenvalue weighted by Crippen LogP contribution is -2.27. The van der Waals surface area contributed by atoms with Gasteiger partial charge >= 0.3 is 0 Å². The number of ether oxygens (including phenoxy) is 2. The molecule has 2 amide bonds. The van der Waals surface area contributed by atoms with E-state index in [9.17, 15) is 9.59 Å². The van der Waals surface area contributed by atoms with Crippen LogP contribution in [0.4, 0.5) is 11.4 Å². The largest absolute Gasteiger partial charge is 0.490 e. The number of anilines is 2. The molecule has 1 aliphatic rings. The van der Waals surface area contributed by atoms with Gasteiger partial charge in [-0.05, 0) is 96.1 Å². The summed E-state index contributed by atoms with van der Waals surface area (Å²) in [4.78, 5) is 27.0. The van der Waals surface area contributed by atoms with Gasteiger partial charge in [-0.3, -0.25) is 14.5 Å². The first-order valence-electron chi connectivity index (χ1n) is 11.1. The van der Waals surface area contributed by atoms with Gasteiger partial charge in [0.2, 0.25) is 5.91 Å². The van der Waals surface area contributed by atoms with Crippen LogP contribution in [0, 0.1) is 10.5 Å². The Bertz CT molecular complexity index is 1290. The predicted octanol–water partition coefficient (Wildman–Crippen LogP) is 7.10. The van der Waals surface area contributed by atoms with E-state index in [2.05, 4.69) is 27.9 Å². The summed E-state index contributed by atoms with van der Waals surface area (Å²) in [5.41, 5.74) is 3.21. The van der Waals surface area contributed by atoms with Crippen molar-refractivity contribution in [3.63, 3.8) is 0 Å². The molecule has 0 radical (unpaired) electrons. The lowest BCUT2D eigenvalue weighted by molar-refractivity contribution is -0.118. The van der Waals surface area contributed by atoms with E-state index in [1.165, 1.54) is 0 Å². The van der Waals surface area contributed by atoms with E-state index in [1.54, 1.807) is 40.9 Å². The Labute approximate surface area is 237 Å². The third-order valence-electron chi connectivity index (χ3n) is 5.39. The highest BCUT2D eigenvalue weighted by Gasteiger charge is 2.35. The minimum Gasteiger partial charge on any atom is -0.490 e. The second kappa shape index (κ2) is 11.9. The molecule has 1 atom stereocenters. The van der Waals surface area contributed by atoms with E-state index in [-0.39, 0.29) is 23.8 Å². The lowest BCUT2D eigenvalue weighted by atomic mass is 10.1. The van der Waals surface area contributed by atoms with Gasteiger partial charge in [-0.2, -0.15) is 0 Å². The molecule has 6 nitrogen and oxygen atoms in total. The molecule has 3 aromatic carbocycles. The number of hydrogen-bond acceptors (Lipinski definition) is 5. The summed E-state index contributed by atoms with van der Waals surface area (Å²) < 4.78 is 12.5. The van der Waals surface area contributed by atoms with Crippen LogP contribution in [0.25, 0.3) is 0 Å². The van der Waals surface area contributed by atoms with Crippen molar-refractivity contribution < 1.29 is 19.1 Å². The standard InChI is InChI=1S/C26H23Cl2IN2O4S/c1-3-34-22-11-16(26-31(24(33)14-36-26)19-8-5-17(27)6-9-19)10-21(29)25(22)35-13-23(32)30-18-7-4-15(2)20(28)12-18/h4-12,26H,3,13-14H2,1-2H3,(H,30,32)/t26-/m0/s1. The quantitative estimate of drug-likeness (QED) is 0.262. The summed E-state index contributed by atoms with van der Waals surface area (Å²) in [5.74, 6) is 1.07. The van der Waals surface area contributed by atoms with Crippen LogP contribution in [0.2, 0.25) is 10.0 Å². The first kappa shape index (κ1) is 26.9. The van der Waals surface area contributed by atoms with Crippen LogP contribution in [0.3, 0.4) is 0 Å². The molecule has 0 spiro atoms. The summed E-state index contributed by atoms with van der Waals surface area (Å²) in [6.45, 7) is 3.99. The average molecular weight is 657 g/mol. The van der Waals surface area contributed by atoms with Crippen LogP contribution in [0.15, 0.2) is 54.6 Å². The average Bonchev–Trinajstić information content (AvgIpc) is 3.23. The highest BCUT2D eigenvalue weighted by Crippen LogP contribution is 2.45. The minimum absolute atomic E-state index is 0.0218. The van der Waals surface area contributed by atoms with Gasteiger partial charge in [0.05, 0.1) is 15.9 Å². The molecule has 4 rings (SSSR count). The van der Waals surface area contributed by atoms with Crippen molar-refractivity contribution in [1.29, 1.82) is 0 Å². The lowest BCUT2D eigenvalue weighted by Gasteiger charge is -2.25. The minimum atomic E-state index is -0.317. The van der Waals surface area contributed by atoms with Crippen LogP contribution < -0.4 is 19.7 Å². The van der Waals surface area contributed by atoms with Gasteiger partial charge in [-0.15, -0.1) is 11.8 Å². The SMILES string of the molecule is CCOc1cc([C@@H]2SCC(=O)N2c2ccc(Cl)cc2)cc(I)c1OCC(=O)Nc1ccc(C)c(Cl)c1. The number of amides is 2. The molecule has 1 fully saturated rings. The molecule has 10 heteroatoms. The molecule has 0 aromatic heterocycles. The Morgan fingerprint density at radius 3 is 2.58 bits per heavy atom. The molecule has 0 bridgehead atoms. The highest BCUT2D eigenvalue weighted by atomic mass is 127. The normalized spacial score (nSPS) is 15.2. The fourth-order valence-electron chi connectivity index (χ4n) is 3.69. The van der Waals surface area contributed by atoms with Crippen LogP contribution >= 0.6 is 57.6 Å². The summed E-state index contributed by atoms with van der Waals surface area (Å²) in [6.07, 6.45) is 0. The Hall–Kier alpha value is -2.14. The third-order valence-corrected chi connectivity index (χ3v) is 8.07. The topological polar surface area (TPSA) is 67.9 Å². The summed E-state index contributed by atoms with van der Waals surface area (Å²) in [5, 5.41) is 3.75. The summed E-state index contributed by atoms with van der Waals surface area (Å²) in [7, 11) is 0. The highest BCUT2D eigenvalue weighted by molar-refractivity contribution is 14.1. The van der Waals surface area contributed by atoms with Crippen LogP contribution in [0.5, 0.6) is 11.5 Å². The number of halogens is 3. The molecular weight excluding hydrogens is 634 g/mol. The number of nitrogens with zero attached hydrogens (tertiary/aromatic N) is 1. The molecule has 3 aromatic rings. The maximum atomic E-state index is 12.7. The van der Waals surface area contributed by atoms with Gasteiger partial charge in [-0.25, -0.2) is 0 Å². The van der Waals surface area contributed by atoms with E-state index in [0.29, 0.717) is 39.6 Å². The van der Waals surface area contributed by atoms with Crippen molar-refractivity contribution in [1.82, 2.24) is 0 Å². The molecule has 1 saturated heterocycles. The Kier molecular flexibility index (Phi) is 8.92. The number of carbonyl (C=O) groups is 2. The molecule has 1 N–H and O–H groups in total. The zero-order valence-electron chi connectivity index (χ0n) is 19.5. The van der Waals surface area contributed by atoms with Crippen molar-refractivity contribution in [2.24, 2.45) is 0 Å². The fraction of sp³-hybridized carbons (Fsp3) is 0.231. The Morgan fingerprint density at radius 2 is 1.89 bits per heavy atom. The smallest absolute Gasteiger partial charge is 0.262 e. The Morgan fingerprint density at radius 1 is 1.14 bits per heavy atom. The number of nitrogens with one attached hydrogen (secondary N) is 1. The first-order valence-corrected chi connectivity index (χ1v) is 14.0. The fourth-order valence-corrected chi connectivity index (χ4v) is 5.93. The van der Waals surface area contributed by atoms with Gasteiger partial charge in [0, 0.05) is 21.4 Å². The second-order valence-electron chi connectivity index (χ2n) is 7.97. The van der Waals surface area contributed by atoms with Crippen LogP contribution in [-0.4, -0.2) is 30.8 Å². The van der Waals surface area contributed by atoms with Gasteiger partial charge in [0.1, 0.15) is 5.37 Å². The first-order chi connectivity index (χ1) is 17.3. The number of benzene rings is 3. The molecule has 1 heterocycles. The number of thioether (sulfide) groups is 1. The zero-order valence-corrected chi connectivity index (χ0v) is 24.0. The van der Waals surface area contributed by atoms with Crippen molar-refractivity contribution in [2.45, 2.75) is 19.2 Å². The number of hydrogen-bond donors (Lipinski definition) is 1. The van der Waals surface area contributed by atoms with E-state index < -0.39 is 0 Å². The van der Waals surface area contributed by atoms with Gasteiger partial charge < -0.3 is 14.8 Å². The summed E-state index contributed by atoms with van der Waals surface area (Å²) >= 11 is 15.9. The number of aryl methyl sites for hydroxylation is 1. The van der Waals surface area contributed by atoms with Crippen molar-refractivity contribution in [2.75, 3.05) is 29.2 Å². The monoisotopic (exact) mass is 656 g/mol. The van der Waals surface area contributed by atoms with Gasteiger partial charge in [-0.1, -0.05) is 29.3 Å². The van der Waals surface area contributed by atoms with Crippen molar-refractivity contribution in [3.05, 3.63) is 79.3 Å². The molecular formula is C26H23Cl2IN2O4S. The van der Waals surface area contributed by atoms with Crippen molar-refractivity contribution >= 4 is 80.7 Å². The molecule has 0 aliphatic carbocycles. The summed E-state index contributed by atoms with van der Waals surface area (Å²) in [6, 6.07) is 16.4. The zero-order chi connectivity index (χ0) is 25.8. The molecule has 36 heavy (non-hydrogen) atoms. The Balaban J connectivity index is 1.54. The van der Waals surface area contributed by atoms with Crippen LogP contribution in [0.1, 0.15) is 23.4 Å². The van der Waals surface area contributed by atoms with E-state index in [4.69, 9.17) is 32.7 Å². The maximum Gasteiger partial charge on any atom is 0.262 e. The number of carbonyl (C=O) groups excluding carboxylic acids is 2. The molecule has 188 valence electrons. The number of rotatable bonds is 8. The van der Waals surface area contributed by atoms with Crippen LogP contribution in [-0.2, 0) is 9.59 Å². The van der Waals surface area contributed by atoms with Crippen molar-refractivity contribution in [3.8, 4) is 11.5 Å². The molecule has 0 saturated carbocycles.